The molecule has 1 aromatic carbocycles. The number of nitrogens with two attached hydrogens (primary N) is 3. The fraction of sp³-hybridized carbons (Fsp3) is 0.455. The molecule has 0 aliphatic heterocycles. The number of hydrogen-bond donors (Lipinski definition) is 4. The number of phenols is 1. The zero-order chi connectivity index (χ0) is 14.3. The first kappa shape index (κ1) is 16.7. The van der Waals surface area contributed by atoms with Crippen LogP contribution in [-0.2, 0) is 9.84 Å². The van der Waals surface area contributed by atoms with E-state index in [-0.39, 0.29) is 28.1 Å². The van der Waals surface area contributed by atoms with E-state index in [1.54, 1.807) is 6.92 Å². The SMILES string of the molecule is CC(N)CN.CCS(=O)(=O)c1ccc(N)c(O)c1. The number of benzene rings is 1. The molecule has 0 amide bonds. The summed E-state index contributed by atoms with van der Waals surface area (Å²) >= 11 is 0. The molecule has 18 heavy (non-hydrogen) atoms. The van der Waals surface area contributed by atoms with Crippen LogP contribution in [0.4, 0.5) is 5.69 Å². The summed E-state index contributed by atoms with van der Waals surface area (Å²) in [5.74, 6) is -0.189. The maximum Gasteiger partial charge on any atom is 0.178 e. The molecule has 0 radical (unpaired) electrons. The van der Waals surface area contributed by atoms with Crippen molar-refractivity contribution in [1.29, 1.82) is 0 Å². The smallest absolute Gasteiger partial charge is 0.178 e. The van der Waals surface area contributed by atoms with Crippen LogP contribution in [0.3, 0.4) is 0 Å². The van der Waals surface area contributed by atoms with Gasteiger partial charge >= 0.3 is 0 Å². The van der Waals surface area contributed by atoms with Gasteiger partial charge in [0, 0.05) is 18.7 Å². The van der Waals surface area contributed by atoms with Crippen molar-refractivity contribution < 1.29 is 13.5 Å². The lowest BCUT2D eigenvalue weighted by atomic mass is 10.3. The fourth-order valence-corrected chi connectivity index (χ4v) is 1.78. The third kappa shape index (κ3) is 5.35. The van der Waals surface area contributed by atoms with Crippen LogP contribution < -0.4 is 17.2 Å². The van der Waals surface area contributed by atoms with E-state index >= 15 is 0 Å². The maximum atomic E-state index is 11.3. The van der Waals surface area contributed by atoms with Gasteiger partial charge in [-0.3, -0.25) is 0 Å². The standard InChI is InChI=1S/C8H11NO3S.C3H10N2/c1-2-13(11,12)6-3-4-7(9)8(10)5-6;1-3(5)2-4/h3-5,10H,2,9H2,1H3;3H,2,4-5H2,1H3. The Morgan fingerprint density at radius 1 is 1.39 bits per heavy atom. The number of aromatic hydroxyl groups is 1. The van der Waals surface area contributed by atoms with Crippen LogP contribution >= 0.6 is 0 Å². The summed E-state index contributed by atoms with van der Waals surface area (Å²) in [7, 11) is -3.25. The Bertz CT molecular complexity index is 472. The van der Waals surface area contributed by atoms with Crippen LogP contribution in [-0.4, -0.2) is 31.9 Å². The minimum absolute atomic E-state index is 0.0103. The predicted octanol–water partition coefficient (Wildman–Crippen LogP) is 0.0603. The first-order valence-corrected chi connectivity index (χ1v) is 7.16. The molecule has 0 aliphatic carbocycles. The molecule has 1 aromatic rings. The highest BCUT2D eigenvalue weighted by atomic mass is 32.2. The topological polar surface area (TPSA) is 132 Å². The van der Waals surface area contributed by atoms with Crippen LogP contribution in [0.2, 0.25) is 0 Å². The minimum atomic E-state index is -3.25. The van der Waals surface area contributed by atoms with E-state index in [0.29, 0.717) is 6.54 Å². The molecule has 0 aromatic heterocycles. The van der Waals surface area contributed by atoms with Crippen LogP contribution in [0.5, 0.6) is 5.75 Å². The fourth-order valence-electron chi connectivity index (χ4n) is 0.884. The lowest BCUT2D eigenvalue weighted by molar-refractivity contribution is 0.476. The number of phenolic OH excluding ortho intramolecular Hbond substituents is 1. The Labute approximate surface area is 108 Å². The van der Waals surface area contributed by atoms with Crippen molar-refractivity contribution in [2.75, 3.05) is 18.0 Å². The first-order chi connectivity index (χ1) is 8.24. The molecule has 1 unspecified atom stereocenters. The maximum absolute atomic E-state index is 11.3. The van der Waals surface area contributed by atoms with Gasteiger partial charge in [-0.1, -0.05) is 6.92 Å². The Kier molecular flexibility index (Phi) is 6.67. The van der Waals surface area contributed by atoms with Crippen molar-refractivity contribution in [3.63, 3.8) is 0 Å². The molecule has 0 fully saturated rings. The van der Waals surface area contributed by atoms with Crippen molar-refractivity contribution in [3.8, 4) is 5.75 Å². The minimum Gasteiger partial charge on any atom is -0.506 e. The van der Waals surface area contributed by atoms with E-state index in [9.17, 15) is 8.42 Å². The van der Waals surface area contributed by atoms with E-state index in [1.165, 1.54) is 12.1 Å². The van der Waals surface area contributed by atoms with E-state index in [2.05, 4.69) is 0 Å². The summed E-state index contributed by atoms with van der Waals surface area (Å²) in [6.07, 6.45) is 0. The van der Waals surface area contributed by atoms with Gasteiger partial charge < -0.3 is 22.3 Å². The summed E-state index contributed by atoms with van der Waals surface area (Å²) in [5, 5.41) is 9.17. The highest BCUT2D eigenvalue weighted by Gasteiger charge is 2.12. The third-order valence-electron chi connectivity index (χ3n) is 2.11. The number of anilines is 1. The van der Waals surface area contributed by atoms with Gasteiger partial charge in [0.25, 0.3) is 0 Å². The molecule has 7 heteroatoms. The number of hydrogen-bond acceptors (Lipinski definition) is 6. The molecule has 6 nitrogen and oxygen atoms in total. The third-order valence-corrected chi connectivity index (χ3v) is 3.85. The van der Waals surface area contributed by atoms with Gasteiger partial charge in [-0.25, -0.2) is 8.42 Å². The second kappa shape index (κ2) is 7.20. The number of rotatable bonds is 3. The van der Waals surface area contributed by atoms with Crippen LogP contribution in [0.15, 0.2) is 23.1 Å². The summed E-state index contributed by atoms with van der Waals surface area (Å²) in [4.78, 5) is 0.0988. The van der Waals surface area contributed by atoms with Crippen molar-refractivity contribution in [1.82, 2.24) is 0 Å². The zero-order valence-electron chi connectivity index (χ0n) is 10.6. The first-order valence-electron chi connectivity index (χ1n) is 5.51. The normalized spacial score (nSPS) is 12.4. The van der Waals surface area contributed by atoms with Gasteiger partial charge in [-0.15, -0.1) is 0 Å². The average molecular weight is 275 g/mol. The second-order valence-corrected chi connectivity index (χ2v) is 6.12. The quantitative estimate of drug-likeness (QED) is 0.455. The molecule has 0 heterocycles. The second-order valence-electron chi connectivity index (χ2n) is 3.84. The molecular weight excluding hydrogens is 254 g/mol. The molecule has 1 atom stereocenters. The van der Waals surface area contributed by atoms with Gasteiger partial charge in [0.05, 0.1) is 16.3 Å². The molecule has 104 valence electrons. The predicted molar refractivity (Wildman–Crippen MR) is 72.9 cm³/mol. The van der Waals surface area contributed by atoms with Crippen molar-refractivity contribution in [2.24, 2.45) is 11.5 Å². The largest absolute Gasteiger partial charge is 0.506 e. The molecule has 0 saturated carbocycles. The number of nitrogen functional groups attached to an aromatic ring is 1. The lowest BCUT2D eigenvalue weighted by Gasteiger charge is -2.03. The highest BCUT2D eigenvalue weighted by molar-refractivity contribution is 7.91. The lowest BCUT2D eigenvalue weighted by Crippen LogP contribution is -2.25. The van der Waals surface area contributed by atoms with Crippen molar-refractivity contribution in [3.05, 3.63) is 18.2 Å². The van der Waals surface area contributed by atoms with Crippen molar-refractivity contribution in [2.45, 2.75) is 24.8 Å². The average Bonchev–Trinajstić information content (AvgIpc) is 2.33. The van der Waals surface area contributed by atoms with Gasteiger partial charge in [0.2, 0.25) is 0 Å². The van der Waals surface area contributed by atoms with Gasteiger partial charge in [-0.2, -0.15) is 0 Å². The van der Waals surface area contributed by atoms with Gasteiger partial charge in [0.1, 0.15) is 5.75 Å². The Morgan fingerprint density at radius 2 is 1.89 bits per heavy atom. The van der Waals surface area contributed by atoms with Crippen LogP contribution in [0.1, 0.15) is 13.8 Å². The van der Waals surface area contributed by atoms with E-state index in [4.69, 9.17) is 22.3 Å². The summed E-state index contributed by atoms with van der Waals surface area (Å²) in [5.41, 5.74) is 15.7. The zero-order valence-corrected chi connectivity index (χ0v) is 11.4. The van der Waals surface area contributed by atoms with E-state index in [1.807, 2.05) is 6.92 Å². The molecule has 0 spiro atoms. The molecule has 0 saturated heterocycles. The van der Waals surface area contributed by atoms with E-state index < -0.39 is 9.84 Å². The van der Waals surface area contributed by atoms with Gasteiger partial charge in [-0.05, 0) is 19.1 Å². The summed E-state index contributed by atoms with van der Waals surface area (Å²) in [6, 6.07) is 4.08. The number of sulfone groups is 1. The van der Waals surface area contributed by atoms with Crippen LogP contribution in [0, 0.1) is 0 Å². The molecular formula is C11H21N3O3S. The molecule has 0 bridgehead atoms. The molecule has 0 aliphatic rings. The Hall–Kier alpha value is -1.31. The van der Waals surface area contributed by atoms with Gasteiger partial charge in [0.15, 0.2) is 9.84 Å². The molecule has 7 N–H and O–H groups in total. The summed E-state index contributed by atoms with van der Waals surface area (Å²) < 4.78 is 22.6. The van der Waals surface area contributed by atoms with Crippen LogP contribution in [0.25, 0.3) is 0 Å². The Morgan fingerprint density at radius 3 is 2.22 bits per heavy atom. The monoisotopic (exact) mass is 275 g/mol. The summed E-state index contributed by atoms with van der Waals surface area (Å²) in [6.45, 7) is 4.00. The highest BCUT2D eigenvalue weighted by Crippen LogP contribution is 2.23. The van der Waals surface area contributed by atoms with E-state index in [0.717, 1.165) is 6.07 Å². The molecule has 1 rings (SSSR count). The van der Waals surface area contributed by atoms with Crippen molar-refractivity contribution >= 4 is 15.5 Å². The Balaban J connectivity index is 0.000000494.